The SMILES string of the molecule is O=C(Cc1ccccc1Nc1c(Cl)cccc1Cl)OC1=C2OC3C(OC(=O)COC4C(O)C(O)OC4C(O)CO)CC[C@@]4(O)C5CC(C=C1)C2C34CCN5CC1CC1. The molecule has 9 rings (SSSR count). The fraction of sp³-hybridized carbons (Fsp3) is 0.571. The van der Waals surface area contributed by atoms with E-state index < -0.39 is 79.1 Å². The molecule has 3 heterocycles. The molecule has 16 heteroatoms. The number of aliphatic hydroxyl groups is 5. The predicted molar refractivity (Wildman–Crippen MR) is 208 cm³/mol. The summed E-state index contributed by atoms with van der Waals surface area (Å²) in [4.78, 5) is 29.7. The van der Waals surface area contributed by atoms with Crippen LogP contribution >= 0.6 is 23.2 Å². The fourth-order valence-corrected chi connectivity index (χ4v) is 11.2. The zero-order valence-electron chi connectivity index (χ0n) is 31.6. The largest absolute Gasteiger partial charge is 0.486 e. The number of carbonyl (C=O) groups is 2. The monoisotopic (exact) mass is 842 g/mol. The smallest absolute Gasteiger partial charge is 0.332 e. The molecule has 1 spiro atoms. The summed E-state index contributed by atoms with van der Waals surface area (Å²) < 4.78 is 29.9. The van der Waals surface area contributed by atoms with Gasteiger partial charge < -0.3 is 54.5 Å². The predicted octanol–water partition coefficient (Wildman–Crippen LogP) is 3.36. The van der Waals surface area contributed by atoms with Gasteiger partial charge in [-0.3, -0.25) is 9.69 Å². The van der Waals surface area contributed by atoms with Crippen LogP contribution in [-0.2, 0) is 39.7 Å². The standard InChI is InChI=1S/C42H48Cl2N2O12/c43-24-5-3-6-25(44)34(24)45-26-7-2-1-4-22(26)17-31(49)55-28-11-10-23-16-30-42(53)13-12-29(56-32(50)20-54-38-35(51)40(52)58-36(38)27(48)19-47)39-41(42,33(23)37(28)57-39)14-15-46(30)18-21-8-9-21/h1-7,10-11,21,23,27,29-30,33,35-36,38-40,45,47-48,51-53H,8-9,12-20H2/t23?,27?,29?,30?,33?,35?,36?,38?,39?,40?,41?,42-/m1/s1. The van der Waals surface area contributed by atoms with E-state index in [1.807, 2.05) is 24.3 Å². The van der Waals surface area contributed by atoms with E-state index in [4.69, 9.17) is 46.9 Å². The summed E-state index contributed by atoms with van der Waals surface area (Å²) in [7, 11) is 0. The van der Waals surface area contributed by atoms with Crippen molar-refractivity contribution in [2.45, 2.75) is 99.5 Å². The van der Waals surface area contributed by atoms with Crippen LogP contribution in [-0.4, -0.2) is 123 Å². The van der Waals surface area contributed by atoms with Crippen molar-refractivity contribution in [1.29, 1.82) is 0 Å². The van der Waals surface area contributed by atoms with Gasteiger partial charge in [0.05, 0.1) is 39.8 Å². The van der Waals surface area contributed by atoms with Gasteiger partial charge in [-0.25, -0.2) is 4.79 Å². The minimum absolute atomic E-state index is 0.0250. The minimum atomic E-state index is -1.68. The van der Waals surface area contributed by atoms with Crippen LogP contribution in [0.3, 0.4) is 0 Å². The summed E-state index contributed by atoms with van der Waals surface area (Å²) in [6.07, 6.45) is -0.823. The van der Waals surface area contributed by atoms with Gasteiger partial charge in [0.2, 0.25) is 0 Å². The van der Waals surface area contributed by atoms with Crippen molar-refractivity contribution in [3.05, 3.63) is 81.7 Å². The highest BCUT2D eigenvalue weighted by Gasteiger charge is 2.77. The Hall–Kier alpha value is -3.28. The molecular weight excluding hydrogens is 795 g/mol. The first kappa shape index (κ1) is 40.1. The Labute approximate surface area is 345 Å². The first-order valence-electron chi connectivity index (χ1n) is 20.1. The van der Waals surface area contributed by atoms with Crippen LogP contribution in [0.2, 0.25) is 10.0 Å². The lowest BCUT2D eigenvalue weighted by atomic mass is 9.44. The number of hydrogen-bond donors (Lipinski definition) is 6. The maximum absolute atomic E-state index is 13.8. The van der Waals surface area contributed by atoms with Crippen molar-refractivity contribution in [2.24, 2.45) is 23.2 Å². The topological polar surface area (TPSA) is 197 Å². The highest BCUT2D eigenvalue weighted by Crippen LogP contribution is 2.70. The van der Waals surface area contributed by atoms with Crippen molar-refractivity contribution in [1.82, 2.24) is 4.90 Å². The third kappa shape index (κ3) is 6.83. The molecule has 2 aromatic rings. The number of nitrogens with zero attached hydrogens (tertiary/aromatic N) is 1. The molecule has 312 valence electrons. The number of rotatable bonds is 13. The molecule has 3 saturated carbocycles. The number of ether oxygens (including phenoxy) is 5. The molecule has 2 bridgehead atoms. The zero-order chi connectivity index (χ0) is 40.5. The lowest BCUT2D eigenvalue weighted by molar-refractivity contribution is -0.270. The molecule has 11 unspecified atom stereocenters. The average molecular weight is 844 g/mol. The number of anilines is 2. The second-order valence-electron chi connectivity index (χ2n) is 16.8. The molecule has 14 nitrogen and oxygen atoms in total. The highest BCUT2D eigenvalue weighted by molar-refractivity contribution is 6.39. The van der Waals surface area contributed by atoms with Gasteiger partial charge in [-0.1, -0.05) is 53.5 Å². The molecule has 0 radical (unpaired) electrons. The second kappa shape index (κ2) is 15.6. The third-order valence-electron chi connectivity index (χ3n) is 13.5. The number of hydrogen-bond acceptors (Lipinski definition) is 14. The van der Waals surface area contributed by atoms with E-state index >= 15 is 0 Å². The van der Waals surface area contributed by atoms with Crippen molar-refractivity contribution in [2.75, 3.05) is 31.6 Å². The maximum Gasteiger partial charge on any atom is 0.332 e. The Bertz CT molecular complexity index is 1980. The van der Waals surface area contributed by atoms with Crippen molar-refractivity contribution < 1.29 is 58.8 Å². The minimum Gasteiger partial charge on any atom is -0.486 e. The van der Waals surface area contributed by atoms with Crippen molar-refractivity contribution in [3.63, 3.8) is 0 Å². The number of nitrogens with one attached hydrogen (secondary N) is 1. The van der Waals surface area contributed by atoms with Crippen LogP contribution in [0.4, 0.5) is 11.4 Å². The molecule has 3 aliphatic heterocycles. The molecule has 7 aliphatic rings. The molecule has 6 N–H and O–H groups in total. The molecule has 6 fully saturated rings. The first-order valence-corrected chi connectivity index (χ1v) is 20.8. The Morgan fingerprint density at radius 3 is 2.57 bits per heavy atom. The van der Waals surface area contributed by atoms with E-state index in [9.17, 15) is 35.1 Å². The number of para-hydroxylation sites is 2. The van der Waals surface area contributed by atoms with E-state index in [2.05, 4.69) is 16.3 Å². The highest BCUT2D eigenvalue weighted by atomic mass is 35.5. The van der Waals surface area contributed by atoms with Gasteiger partial charge >= 0.3 is 11.9 Å². The quantitative estimate of drug-likeness (QED) is 0.161. The van der Waals surface area contributed by atoms with Crippen molar-refractivity contribution >= 4 is 46.5 Å². The Balaban J connectivity index is 0.971. The lowest BCUT2D eigenvalue weighted by Gasteiger charge is -2.66. The van der Waals surface area contributed by atoms with E-state index in [1.54, 1.807) is 24.3 Å². The average Bonchev–Trinajstić information content (AvgIpc) is 3.88. The molecule has 2 aromatic carbocycles. The van der Waals surface area contributed by atoms with Crippen molar-refractivity contribution in [3.8, 4) is 0 Å². The van der Waals surface area contributed by atoms with Crippen LogP contribution in [0.5, 0.6) is 0 Å². The lowest BCUT2D eigenvalue weighted by Crippen LogP contribution is -2.77. The number of piperidine rings is 1. The molecule has 0 aromatic heterocycles. The van der Waals surface area contributed by atoms with Crippen LogP contribution in [0, 0.1) is 23.2 Å². The van der Waals surface area contributed by atoms with Gasteiger partial charge in [-0.05, 0) is 86.7 Å². The summed E-state index contributed by atoms with van der Waals surface area (Å²) in [5.41, 5.74) is -0.229. The summed E-state index contributed by atoms with van der Waals surface area (Å²) in [6, 6.07) is 12.3. The third-order valence-corrected chi connectivity index (χ3v) is 14.1. The molecular formula is C42H48Cl2N2O12. The Morgan fingerprint density at radius 2 is 1.81 bits per heavy atom. The Kier molecular flexibility index (Phi) is 10.8. The summed E-state index contributed by atoms with van der Waals surface area (Å²) in [6.45, 7) is 0.293. The van der Waals surface area contributed by atoms with Gasteiger partial charge in [0.25, 0.3) is 0 Å². The Morgan fingerprint density at radius 1 is 1.03 bits per heavy atom. The molecule has 12 atom stereocenters. The zero-order valence-corrected chi connectivity index (χ0v) is 33.1. The van der Waals surface area contributed by atoms with Gasteiger partial charge in [0.1, 0.15) is 49.0 Å². The summed E-state index contributed by atoms with van der Waals surface area (Å²) in [5, 5.41) is 57.2. The van der Waals surface area contributed by atoms with Gasteiger partial charge in [-0.15, -0.1) is 0 Å². The summed E-state index contributed by atoms with van der Waals surface area (Å²) >= 11 is 12.9. The van der Waals surface area contributed by atoms with Crippen LogP contribution in [0.1, 0.15) is 44.1 Å². The van der Waals surface area contributed by atoms with Crippen LogP contribution < -0.4 is 5.32 Å². The molecule has 3 saturated heterocycles. The van der Waals surface area contributed by atoms with Gasteiger partial charge in [0, 0.05) is 24.2 Å². The number of halogens is 2. The van der Waals surface area contributed by atoms with Crippen LogP contribution in [0.15, 0.2) is 66.1 Å². The normalized spacial score (nSPS) is 36.6. The fourth-order valence-electron chi connectivity index (χ4n) is 10.7. The van der Waals surface area contributed by atoms with Gasteiger partial charge in [-0.2, -0.15) is 0 Å². The molecule has 58 heavy (non-hydrogen) atoms. The van der Waals surface area contributed by atoms with E-state index in [0.717, 1.165) is 13.1 Å². The number of benzene rings is 2. The van der Waals surface area contributed by atoms with E-state index in [0.29, 0.717) is 64.3 Å². The van der Waals surface area contributed by atoms with E-state index in [1.165, 1.54) is 12.8 Å². The van der Waals surface area contributed by atoms with Crippen LogP contribution in [0.25, 0.3) is 0 Å². The maximum atomic E-state index is 13.8. The number of likely N-dealkylation sites (tertiary alicyclic amines) is 1. The first-order chi connectivity index (χ1) is 27.9. The number of aliphatic hydroxyl groups excluding tert-OH is 4. The second-order valence-corrected chi connectivity index (χ2v) is 17.6. The number of esters is 2. The molecule has 0 amide bonds. The van der Waals surface area contributed by atoms with Gasteiger partial charge in [0.15, 0.2) is 12.0 Å². The number of allylic oxidation sites excluding steroid dienone is 3. The summed E-state index contributed by atoms with van der Waals surface area (Å²) in [5.74, 6) is -0.330. The molecule has 4 aliphatic carbocycles. The van der Waals surface area contributed by atoms with E-state index in [-0.39, 0.29) is 30.1 Å². The number of carbonyl (C=O) groups excluding carboxylic acids is 2.